The summed E-state index contributed by atoms with van der Waals surface area (Å²) in [5.74, 6) is 0. The highest BCUT2D eigenvalue weighted by Crippen LogP contribution is 2.39. The van der Waals surface area contributed by atoms with E-state index in [2.05, 4.69) is 11.8 Å². The molecule has 0 rings (SSSR count). The van der Waals surface area contributed by atoms with Gasteiger partial charge in [0.2, 0.25) is 0 Å². The minimum atomic E-state index is -4.46. The average molecular weight is 343 g/mol. The van der Waals surface area contributed by atoms with Crippen molar-refractivity contribution in [1.29, 1.82) is 0 Å². The summed E-state index contributed by atoms with van der Waals surface area (Å²) in [4.78, 5) is 15.7. The standard InChI is InChI=1S/C13H30NO7P/c1-5-6-7-9-18-11-13(12-19-15)21-22(16,17)20-10-8-14(2,3)4/h13H,5-12H2,1-4H3,(H-,15,16,17)/t13-/m1/s1. The molecule has 1 N–H and O–H groups in total. The normalized spacial score (nSPS) is 16.5. The third-order valence-electron chi connectivity index (χ3n) is 2.75. The third kappa shape index (κ3) is 13.6. The Morgan fingerprint density at radius 1 is 1.18 bits per heavy atom. The fourth-order valence-corrected chi connectivity index (χ4v) is 2.35. The summed E-state index contributed by atoms with van der Waals surface area (Å²) in [7, 11) is 1.31. The first-order valence-corrected chi connectivity index (χ1v) is 8.95. The highest BCUT2D eigenvalue weighted by atomic mass is 31.2. The fourth-order valence-electron chi connectivity index (χ4n) is 1.50. The van der Waals surface area contributed by atoms with E-state index in [0.717, 1.165) is 19.3 Å². The summed E-state index contributed by atoms with van der Waals surface area (Å²) in [6.07, 6.45) is 2.06. The zero-order valence-corrected chi connectivity index (χ0v) is 14.9. The van der Waals surface area contributed by atoms with Gasteiger partial charge in [-0.2, -0.15) is 0 Å². The molecule has 0 heterocycles. The van der Waals surface area contributed by atoms with Crippen molar-refractivity contribution in [3.05, 3.63) is 0 Å². The molecule has 8 nitrogen and oxygen atoms in total. The summed E-state index contributed by atoms with van der Waals surface area (Å²) in [6.45, 7) is 2.82. The van der Waals surface area contributed by atoms with Gasteiger partial charge in [0.05, 0.1) is 27.7 Å². The molecule has 134 valence electrons. The van der Waals surface area contributed by atoms with E-state index >= 15 is 0 Å². The molecule has 0 aromatic carbocycles. The largest absolute Gasteiger partial charge is 0.756 e. The van der Waals surface area contributed by atoms with Crippen molar-refractivity contribution in [2.45, 2.75) is 32.3 Å². The van der Waals surface area contributed by atoms with E-state index in [-0.39, 0.29) is 19.8 Å². The number of hydrogen-bond donors (Lipinski definition) is 1. The lowest BCUT2D eigenvalue weighted by Crippen LogP contribution is -2.38. The molecule has 0 bridgehead atoms. The van der Waals surface area contributed by atoms with Crippen LogP contribution in [0.1, 0.15) is 26.2 Å². The Kier molecular flexibility index (Phi) is 11.5. The highest BCUT2D eigenvalue weighted by molar-refractivity contribution is 7.45. The summed E-state index contributed by atoms with van der Waals surface area (Å²) >= 11 is 0. The first-order valence-electron chi connectivity index (χ1n) is 7.48. The Bertz CT molecular complexity index is 322. The van der Waals surface area contributed by atoms with Gasteiger partial charge in [0.25, 0.3) is 7.82 Å². The van der Waals surface area contributed by atoms with E-state index in [1.807, 2.05) is 21.1 Å². The van der Waals surface area contributed by atoms with E-state index in [1.54, 1.807) is 0 Å². The highest BCUT2D eigenvalue weighted by Gasteiger charge is 2.20. The van der Waals surface area contributed by atoms with Crippen molar-refractivity contribution in [1.82, 2.24) is 0 Å². The molecule has 0 aromatic rings. The Hall–Kier alpha value is -0.0500. The number of rotatable bonds is 14. The van der Waals surface area contributed by atoms with Gasteiger partial charge in [-0.3, -0.25) is 9.82 Å². The van der Waals surface area contributed by atoms with Crippen LogP contribution >= 0.6 is 7.82 Å². The van der Waals surface area contributed by atoms with Gasteiger partial charge >= 0.3 is 0 Å². The van der Waals surface area contributed by atoms with Gasteiger partial charge in [0, 0.05) is 6.61 Å². The van der Waals surface area contributed by atoms with Crippen LogP contribution in [0.15, 0.2) is 0 Å². The Balaban J connectivity index is 4.13. The number of phosphoric acid groups is 1. The van der Waals surface area contributed by atoms with E-state index in [4.69, 9.17) is 19.0 Å². The summed E-state index contributed by atoms with van der Waals surface area (Å²) < 4.78 is 27.3. The summed E-state index contributed by atoms with van der Waals surface area (Å²) in [5, 5.41) is 8.49. The number of ether oxygens (including phenoxy) is 1. The molecule has 0 spiro atoms. The minimum absolute atomic E-state index is 0.00912. The maximum absolute atomic E-state index is 11.7. The molecular formula is C13H30NO7P. The van der Waals surface area contributed by atoms with Crippen LogP contribution in [0.4, 0.5) is 0 Å². The van der Waals surface area contributed by atoms with E-state index in [0.29, 0.717) is 17.6 Å². The van der Waals surface area contributed by atoms with Gasteiger partial charge < -0.3 is 23.2 Å². The Labute approximate surface area is 133 Å². The molecule has 9 heteroatoms. The third-order valence-corrected chi connectivity index (χ3v) is 3.80. The maximum atomic E-state index is 11.7. The molecule has 0 aliphatic heterocycles. The summed E-state index contributed by atoms with van der Waals surface area (Å²) in [6, 6.07) is 0. The molecule has 2 atom stereocenters. The topological polar surface area (TPSA) is 97.3 Å². The van der Waals surface area contributed by atoms with Gasteiger partial charge in [-0.1, -0.05) is 19.8 Å². The quantitative estimate of drug-likeness (QED) is 0.167. The first-order chi connectivity index (χ1) is 10.2. The van der Waals surface area contributed by atoms with Crippen LogP contribution < -0.4 is 4.89 Å². The molecule has 0 aromatic heterocycles. The summed E-state index contributed by atoms with van der Waals surface area (Å²) in [5.41, 5.74) is 0. The Morgan fingerprint density at radius 2 is 1.86 bits per heavy atom. The number of phosphoric ester groups is 1. The van der Waals surface area contributed by atoms with Crippen molar-refractivity contribution in [3.63, 3.8) is 0 Å². The zero-order chi connectivity index (χ0) is 17.1. The molecule has 1 unspecified atom stereocenters. The minimum Gasteiger partial charge on any atom is -0.756 e. The number of likely N-dealkylation sites (N-methyl/N-ethyl adjacent to an activating group) is 1. The van der Waals surface area contributed by atoms with Gasteiger partial charge in [-0.05, 0) is 6.42 Å². The monoisotopic (exact) mass is 343 g/mol. The zero-order valence-electron chi connectivity index (χ0n) is 14.0. The molecular weight excluding hydrogens is 313 g/mol. The lowest BCUT2D eigenvalue weighted by atomic mass is 10.3. The maximum Gasteiger partial charge on any atom is 0.268 e. The molecule has 22 heavy (non-hydrogen) atoms. The van der Waals surface area contributed by atoms with Crippen LogP contribution in [-0.4, -0.2) is 70.0 Å². The number of unbranched alkanes of at least 4 members (excludes halogenated alkanes) is 2. The predicted octanol–water partition coefficient (Wildman–Crippen LogP) is 1.26. The fraction of sp³-hybridized carbons (Fsp3) is 1.00. The van der Waals surface area contributed by atoms with E-state index in [1.165, 1.54) is 0 Å². The van der Waals surface area contributed by atoms with Crippen LogP contribution in [0.5, 0.6) is 0 Å². The van der Waals surface area contributed by atoms with Crippen LogP contribution in [0.2, 0.25) is 0 Å². The van der Waals surface area contributed by atoms with E-state index in [9.17, 15) is 9.46 Å². The van der Waals surface area contributed by atoms with Gasteiger partial charge in [0.15, 0.2) is 0 Å². The smallest absolute Gasteiger partial charge is 0.268 e. The first kappa shape index (κ1) is 21.9. The molecule has 0 aliphatic carbocycles. The average Bonchev–Trinajstić information content (AvgIpc) is 2.36. The number of quaternary nitrogens is 1. The molecule has 0 radical (unpaired) electrons. The second-order valence-electron chi connectivity index (χ2n) is 6.10. The Morgan fingerprint density at radius 3 is 2.41 bits per heavy atom. The predicted molar refractivity (Wildman–Crippen MR) is 80.3 cm³/mol. The van der Waals surface area contributed by atoms with Crippen molar-refractivity contribution >= 4 is 7.82 Å². The van der Waals surface area contributed by atoms with Crippen LogP contribution in [0.3, 0.4) is 0 Å². The van der Waals surface area contributed by atoms with Crippen LogP contribution in [0, 0.1) is 0 Å². The van der Waals surface area contributed by atoms with Gasteiger partial charge in [0.1, 0.15) is 25.9 Å². The molecule has 0 saturated heterocycles. The van der Waals surface area contributed by atoms with Crippen LogP contribution in [0.25, 0.3) is 0 Å². The van der Waals surface area contributed by atoms with Crippen LogP contribution in [-0.2, 0) is 23.2 Å². The molecule has 0 amide bonds. The lowest BCUT2D eigenvalue weighted by molar-refractivity contribution is -0.870. The second kappa shape index (κ2) is 11.5. The molecule has 0 aliphatic rings. The molecule has 0 saturated carbocycles. The number of hydrogen-bond acceptors (Lipinski definition) is 7. The van der Waals surface area contributed by atoms with Crippen molar-refractivity contribution in [3.8, 4) is 0 Å². The van der Waals surface area contributed by atoms with Crippen molar-refractivity contribution in [2.75, 3.05) is 54.1 Å². The second-order valence-corrected chi connectivity index (χ2v) is 7.46. The SMILES string of the molecule is CCCCCOC[C@H](COO)OP(=O)([O-])OCC[N+](C)(C)C. The molecule has 0 fully saturated rings. The van der Waals surface area contributed by atoms with Crippen molar-refractivity contribution in [2.24, 2.45) is 0 Å². The van der Waals surface area contributed by atoms with Gasteiger partial charge in [-0.25, -0.2) is 4.89 Å². The lowest BCUT2D eigenvalue weighted by Gasteiger charge is -2.29. The van der Waals surface area contributed by atoms with Gasteiger partial charge in [-0.15, -0.1) is 0 Å². The van der Waals surface area contributed by atoms with Crippen molar-refractivity contribution < 1.29 is 37.9 Å². The van der Waals surface area contributed by atoms with E-state index < -0.39 is 13.9 Å². The number of nitrogens with zero attached hydrogens (tertiary/aromatic N) is 1.